The van der Waals surface area contributed by atoms with Crippen molar-refractivity contribution in [2.45, 2.75) is 6.54 Å². The Kier molecular flexibility index (Phi) is 2.73. The van der Waals surface area contributed by atoms with E-state index in [1.807, 2.05) is 0 Å². The van der Waals surface area contributed by atoms with E-state index in [1.165, 1.54) is 0 Å². The maximum Gasteiger partial charge on any atom is 0.123 e. The number of nitrogen functional groups attached to an aromatic ring is 1. The van der Waals surface area contributed by atoms with Crippen LogP contribution in [0.5, 0.6) is 0 Å². The molecule has 0 aromatic carbocycles. The normalized spacial score (nSPS) is 10.2. The molecule has 15 heavy (non-hydrogen) atoms. The molecule has 0 saturated heterocycles. The van der Waals surface area contributed by atoms with Crippen LogP contribution in [0.1, 0.15) is 5.56 Å². The third-order valence-electron chi connectivity index (χ3n) is 1.99. The average molecular weight is 224 g/mol. The van der Waals surface area contributed by atoms with Gasteiger partial charge in [-0.3, -0.25) is 10.1 Å². The van der Waals surface area contributed by atoms with Crippen molar-refractivity contribution in [1.82, 2.24) is 15.2 Å². The second-order valence-corrected chi connectivity index (χ2v) is 3.43. The predicted molar refractivity (Wildman–Crippen MR) is 59.6 cm³/mol. The molecule has 0 fully saturated rings. The first-order valence-corrected chi connectivity index (χ1v) is 4.76. The summed E-state index contributed by atoms with van der Waals surface area (Å²) in [5, 5.41) is 10.2. The fourth-order valence-electron chi connectivity index (χ4n) is 1.17. The van der Waals surface area contributed by atoms with E-state index in [9.17, 15) is 0 Å². The number of aromatic amines is 1. The highest BCUT2D eigenvalue weighted by Crippen LogP contribution is 2.20. The zero-order valence-corrected chi connectivity index (χ0v) is 8.62. The summed E-state index contributed by atoms with van der Waals surface area (Å²) in [6.45, 7) is 0.575. The Morgan fingerprint density at radius 1 is 1.47 bits per heavy atom. The Balaban J connectivity index is 2.06. The number of halogens is 1. The van der Waals surface area contributed by atoms with Gasteiger partial charge in [-0.25, -0.2) is 0 Å². The minimum Gasteiger partial charge on any atom is -0.384 e. The smallest absolute Gasteiger partial charge is 0.123 e. The first kappa shape index (κ1) is 9.79. The topological polar surface area (TPSA) is 79.6 Å². The van der Waals surface area contributed by atoms with E-state index in [1.54, 1.807) is 24.7 Å². The molecular weight excluding hydrogens is 214 g/mol. The van der Waals surface area contributed by atoms with Crippen LogP contribution in [0.2, 0.25) is 5.02 Å². The molecule has 0 unspecified atom stereocenters. The molecule has 78 valence electrons. The molecule has 0 aliphatic heterocycles. The average Bonchev–Trinajstić information content (AvgIpc) is 2.63. The summed E-state index contributed by atoms with van der Waals surface area (Å²) >= 11 is 5.92. The van der Waals surface area contributed by atoms with E-state index in [0.717, 1.165) is 11.3 Å². The maximum absolute atomic E-state index is 5.92. The van der Waals surface area contributed by atoms with Gasteiger partial charge in [0, 0.05) is 24.5 Å². The zero-order chi connectivity index (χ0) is 10.7. The molecule has 0 spiro atoms. The second kappa shape index (κ2) is 4.18. The van der Waals surface area contributed by atoms with Crippen molar-refractivity contribution in [2.24, 2.45) is 0 Å². The number of nitrogens with zero attached hydrogens (tertiary/aromatic N) is 2. The minimum atomic E-state index is 0.563. The van der Waals surface area contributed by atoms with Crippen LogP contribution in [-0.4, -0.2) is 15.2 Å². The van der Waals surface area contributed by atoms with Gasteiger partial charge in [-0.15, -0.1) is 0 Å². The van der Waals surface area contributed by atoms with E-state index in [-0.39, 0.29) is 0 Å². The van der Waals surface area contributed by atoms with Gasteiger partial charge in [0.25, 0.3) is 0 Å². The van der Waals surface area contributed by atoms with Crippen LogP contribution >= 0.6 is 11.6 Å². The zero-order valence-electron chi connectivity index (χ0n) is 7.87. The summed E-state index contributed by atoms with van der Waals surface area (Å²) in [5.41, 5.74) is 7.37. The van der Waals surface area contributed by atoms with Crippen LogP contribution < -0.4 is 11.1 Å². The van der Waals surface area contributed by atoms with E-state index < -0.39 is 0 Å². The summed E-state index contributed by atoms with van der Waals surface area (Å²) in [5.74, 6) is 0.563. The number of hydrogen-bond donors (Lipinski definition) is 3. The lowest BCUT2D eigenvalue weighted by Crippen LogP contribution is -2.01. The predicted octanol–water partition coefficient (Wildman–Crippen LogP) is 1.65. The molecule has 2 rings (SSSR count). The van der Waals surface area contributed by atoms with Gasteiger partial charge in [0.1, 0.15) is 5.82 Å². The Morgan fingerprint density at radius 2 is 2.33 bits per heavy atom. The maximum atomic E-state index is 5.92. The summed E-state index contributed by atoms with van der Waals surface area (Å²) in [6, 6.07) is 1.80. The number of H-pyrrole nitrogens is 1. The highest BCUT2D eigenvalue weighted by molar-refractivity contribution is 6.33. The summed E-state index contributed by atoms with van der Waals surface area (Å²) in [7, 11) is 0. The molecule has 0 saturated carbocycles. The number of nitrogens with one attached hydrogen (secondary N) is 2. The van der Waals surface area contributed by atoms with E-state index in [2.05, 4.69) is 20.5 Å². The molecule has 2 heterocycles. The van der Waals surface area contributed by atoms with Crippen LogP contribution in [0, 0.1) is 0 Å². The molecule has 2 aromatic heterocycles. The van der Waals surface area contributed by atoms with Crippen molar-refractivity contribution in [3.8, 4) is 0 Å². The molecular formula is C9H10ClN5. The molecule has 0 bridgehead atoms. The largest absolute Gasteiger partial charge is 0.384 e. The Labute approximate surface area is 91.7 Å². The first-order chi connectivity index (χ1) is 7.27. The number of pyridine rings is 1. The van der Waals surface area contributed by atoms with Crippen LogP contribution in [0.15, 0.2) is 24.7 Å². The highest BCUT2D eigenvalue weighted by atomic mass is 35.5. The lowest BCUT2D eigenvalue weighted by molar-refractivity contribution is 1.10. The van der Waals surface area contributed by atoms with E-state index in [4.69, 9.17) is 17.3 Å². The number of hydrogen-bond acceptors (Lipinski definition) is 4. The molecule has 0 atom stereocenters. The van der Waals surface area contributed by atoms with Gasteiger partial charge in [-0.2, -0.15) is 5.10 Å². The fraction of sp³-hybridized carbons (Fsp3) is 0.111. The third-order valence-corrected chi connectivity index (χ3v) is 2.29. The summed E-state index contributed by atoms with van der Waals surface area (Å²) < 4.78 is 0. The van der Waals surface area contributed by atoms with Gasteiger partial charge in [0.2, 0.25) is 0 Å². The summed E-state index contributed by atoms with van der Waals surface area (Å²) in [4.78, 5) is 3.89. The molecule has 0 radical (unpaired) electrons. The van der Waals surface area contributed by atoms with Crippen molar-refractivity contribution >= 4 is 23.1 Å². The Hall–Kier alpha value is -1.75. The lowest BCUT2D eigenvalue weighted by atomic mass is 10.3. The first-order valence-electron chi connectivity index (χ1n) is 4.38. The number of nitrogens with two attached hydrogens (primary N) is 1. The van der Waals surface area contributed by atoms with Crippen molar-refractivity contribution in [2.75, 3.05) is 11.1 Å². The highest BCUT2D eigenvalue weighted by Gasteiger charge is 2.02. The van der Waals surface area contributed by atoms with E-state index >= 15 is 0 Å². The van der Waals surface area contributed by atoms with Gasteiger partial charge in [0.15, 0.2) is 0 Å². The third kappa shape index (κ3) is 2.19. The van der Waals surface area contributed by atoms with Gasteiger partial charge in [0.05, 0.1) is 16.9 Å². The molecule has 0 aliphatic rings. The molecule has 6 heteroatoms. The molecule has 5 nitrogen and oxygen atoms in total. The van der Waals surface area contributed by atoms with Crippen LogP contribution in [0.4, 0.5) is 11.5 Å². The Bertz CT molecular complexity index is 453. The fourth-order valence-corrected chi connectivity index (χ4v) is 1.36. The Morgan fingerprint density at radius 3 is 3.00 bits per heavy atom. The van der Waals surface area contributed by atoms with E-state index in [0.29, 0.717) is 17.4 Å². The minimum absolute atomic E-state index is 0.563. The van der Waals surface area contributed by atoms with Crippen LogP contribution in [0.25, 0.3) is 0 Å². The van der Waals surface area contributed by atoms with Crippen molar-refractivity contribution in [3.05, 3.63) is 35.2 Å². The van der Waals surface area contributed by atoms with Crippen LogP contribution in [0.3, 0.4) is 0 Å². The molecule has 4 N–H and O–H groups in total. The number of aromatic nitrogens is 3. The van der Waals surface area contributed by atoms with Gasteiger partial charge in [-0.1, -0.05) is 11.6 Å². The second-order valence-electron chi connectivity index (χ2n) is 3.02. The van der Waals surface area contributed by atoms with Gasteiger partial charge in [-0.05, 0) is 6.07 Å². The van der Waals surface area contributed by atoms with Gasteiger partial charge >= 0.3 is 0 Å². The van der Waals surface area contributed by atoms with Crippen molar-refractivity contribution in [1.29, 1.82) is 0 Å². The van der Waals surface area contributed by atoms with Gasteiger partial charge < -0.3 is 11.1 Å². The molecule has 0 amide bonds. The van der Waals surface area contributed by atoms with Crippen molar-refractivity contribution < 1.29 is 0 Å². The SMILES string of the molecule is Nc1[nH]ncc1CNc1ccncc1Cl. The molecule has 2 aromatic rings. The number of anilines is 2. The number of rotatable bonds is 3. The summed E-state index contributed by atoms with van der Waals surface area (Å²) in [6.07, 6.45) is 4.94. The van der Waals surface area contributed by atoms with Crippen molar-refractivity contribution in [3.63, 3.8) is 0 Å². The standard InChI is InChI=1S/C9H10ClN5/c10-7-5-12-2-1-8(7)13-3-6-4-14-15-9(6)11/h1-2,4-5H,3H2,(H,12,13)(H3,11,14,15). The molecule has 0 aliphatic carbocycles. The monoisotopic (exact) mass is 223 g/mol. The van der Waals surface area contributed by atoms with Crippen LogP contribution in [-0.2, 0) is 6.54 Å². The lowest BCUT2D eigenvalue weighted by Gasteiger charge is -2.06. The quantitative estimate of drug-likeness (QED) is 0.739.